The lowest BCUT2D eigenvalue weighted by molar-refractivity contribution is 0.0680. The summed E-state index contributed by atoms with van der Waals surface area (Å²) in [6.45, 7) is 6.32. The van der Waals surface area contributed by atoms with Crippen molar-refractivity contribution in [2.45, 2.75) is 33.2 Å². The number of carbonyl (C=O) groups is 1. The van der Waals surface area contributed by atoms with Gasteiger partial charge in [0.05, 0.1) is 0 Å². The number of carboxylic acids is 1. The van der Waals surface area contributed by atoms with Crippen LogP contribution in [0.1, 0.15) is 43.7 Å². The summed E-state index contributed by atoms with van der Waals surface area (Å²) in [4.78, 5) is 11.1. The molecule has 0 aliphatic carbocycles. The van der Waals surface area contributed by atoms with Crippen molar-refractivity contribution in [3.63, 3.8) is 0 Å². The van der Waals surface area contributed by atoms with Crippen LogP contribution < -0.4 is 0 Å². The van der Waals surface area contributed by atoms with E-state index in [4.69, 9.17) is 5.11 Å². The van der Waals surface area contributed by atoms with Crippen LogP contribution in [0.25, 0.3) is 0 Å². The van der Waals surface area contributed by atoms with Crippen LogP contribution in [-0.4, -0.2) is 15.6 Å². The molecular formula is C11H16INO2. The summed E-state index contributed by atoms with van der Waals surface area (Å²) in [6.07, 6.45) is 2.86. The topological polar surface area (TPSA) is 42.2 Å². The molecule has 1 unspecified atom stereocenters. The number of nitrogens with zero attached hydrogens (tertiary/aromatic N) is 1. The Labute approximate surface area is 104 Å². The highest BCUT2D eigenvalue weighted by molar-refractivity contribution is 14.1. The van der Waals surface area contributed by atoms with Gasteiger partial charge in [0, 0.05) is 15.8 Å². The van der Waals surface area contributed by atoms with Gasteiger partial charge in [0.2, 0.25) is 0 Å². The van der Waals surface area contributed by atoms with Crippen molar-refractivity contribution in [2.24, 2.45) is 5.92 Å². The van der Waals surface area contributed by atoms with Crippen molar-refractivity contribution in [1.29, 1.82) is 0 Å². The smallest absolute Gasteiger partial charge is 0.352 e. The van der Waals surface area contributed by atoms with Crippen molar-refractivity contribution >= 4 is 28.6 Å². The van der Waals surface area contributed by atoms with Crippen LogP contribution in [-0.2, 0) is 0 Å². The minimum atomic E-state index is -0.850. The predicted molar refractivity (Wildman–Crippen MR) is 68.3 cm³/mol. The van der Waals surface area contributed by atoms with Crippen LogP contribution in [0.5, 0.6) is 0 Å². The quantitative estimate of drug-likeness (QED) is 0.864. The van der Waals surface area contributed by atoms with Gasteiger partial charge in [-0.25, -0.2) is 4.79 Å². The standard InChI is InChI=1S/C11H16INO2/c1-4-9(7(2)3)13-6-8(12)5-10(13)11(14)15/h5-7,9H,4H2,1-3H3,(H,14,15). The predicted octanol–water partition coefficient (Wildman–Crippen LogP) is 3.40. The monoisotopic (exact) mass is 321 g/mol. The molecule has 4 heteroatoms. The number of rotatable bonds is 4. The largest absolute Gasteiger partial charge is 0.477 e. The third-order valence-electron chi connectivity index (χ3n) is 2.58. The molecule has 0 aliphatic heterocycles. The third-order valence-corrected chi connectivity index (χ3v) is 3.17. The molecule has 1 rings (SSSR count). The first-order chi connectivity index (χ1) is 6.97. The second-order valence-corrected chi connectivity index (χ2v) is 5.22. The lowest BCUT2D eigenvalue weighted by Gasteiger charge is -2.22. The van der Waals surface area contributed by atoms with Crippen LogP contribution in [0.15, 0.2) is 12.3 Å². The maximum absolute atomic E-state index is 11.1. The summed E-state index contributed by atoms with van der Waals surface area (Å²) in [7, 11) is 0. The van der Waals surface area contributed by atoms with Crippen molar-refractivity contribution in [3.8, 4) is 0 Å². The summed E-state index contributed by atoms with van der Waals surface area (Å²) >= 11 is 2.15. The van der Waals surface area contributed by atoms with Crippen LogP contribution in [0, 0.1) is 9.49 Å². The van der Waals surface area contributed by atoms with E-state index in [0.717, 1.165) is 9.99 Å². The molecule has 0 radical (unpaired) electrons. The number of halogens is 1. The average molecular weight is 321 g/mol. The number of hydrogen-bond donors (Lipinski definition) is 1. The first kappa shape index (κ1) is 12.5. The number of hydrogen-bond acceptors (Lipinski definition) is 1. The zero-order chi connectivity index (χ0) is 11.6. The zero-order valence-corrected chi connectivity index (χ0v) is 11.4. The van der Waals surface area contributed by atoms with Crippen molar-refractivity contribution < 1.29 is 9.90 Å². The Hall–Kier alpha value is -0.520. The molecule has 1 heterocycles. The van der Waals surface area contributed by atoms with E-state index in [9.17, 15) is 4.79 Å². The molecule has 1 aromatic rings. The molecule has 0 fully saturated rings. The van der Waals surface area contributed by atoms with Gasteiger partial charge in [-0.15, -0.1) is 0 Å². The van der Waals surface area contributed by atoms with Gasteiger partial charge in [-0.05, 0) is 41.0 Å². The van der Waals surface area contributed by atoms with E-state index >= 15 is 0 Å². The Balaban J connectivity index is 3.16. The van der Waals surface area contributed by atoms with Gasteiger partial charge >= 0.3 is 5.97 Å². The van der Waals surface area contributed by atoms with Gasteiger partial charge in [0.1, 0.15) is 5.69 Å². The summed E-state index contributed by atoms with van der Waals surface area (Å²) < 4.78 is 2.86. The first-order valence-corrected chi connectivity index (χ1v) is 6.15. The molecule has 0 amide bonds. The number of aromatic carboxylic acids is 1. The van der Waals surface area contributed by atoms with Crippen molar-refractivity contribution in [1.82, 2.24) is 4.57 Å². The highest BCUT2D eigenvalue weighted by atomic mass is 127. The Morgan fingerprint density at radius 3 is 2.60 bits per heavy atom. The summed E-state index contributed by atoms with van der Waals surface area (Å²) in [5, 5.41) is 9.08. The van der Waals surface area contributed by atoms with Gasteiger partial charge in [-0.2, -0.15) is 0 Å². The SMILES string of the molecule is CCC(C(C)C)n1cc(I)cc1C(=O)O. The van der Waals surface area contributed by atoms with E-state index < -0.39 is 5.97 Å². The van der Waals surface area contributed by atoms with E-state index in [1.807, 2.05) is 10.8 Å². The normalized spacial score (nSPS) is 13.1. The third kappa shape index (κ3) is 2.74. The van der Waals surface area contributed by atoms with E-state index in [2.05, 4.69) is 43.4 Å². The molecule has 0 spiro atoms. The second kappa shape index (κ2) is 5.01. The maximum Gasteiger partial charge on any atom is 0.352 e. The van der Waals surface area contributed by atoms with E-state index in [0.29, 0.717) is 11.6 Å². The van der Waals surface area contributed by atoms with E-state index in [1.54, 1.807) is 6.07 Å². The minimum absolute atomic E-state index is 0.264. The lowest BCUT2D eigenvalue weighted by atomic mass is 10.0. The van der Waals surface area contributed by atoms with Crippen LogP contribution in [0.2, 0.25) is 0 Å². The molecule has 0 aliphatic rings. The Kier molecular flexibility index (Phi) is 4.19. The molecular weight excluding hydrogens is 305 g/mol. The van der Waals surface area contributed by atoms with Gasteiger partial charge in [0.15, 0.2) is 0 Å². The van der Waals surface area contributed by atoms with Crippen molar-refractivity contribution in [2.75, 3.05) is 0 Å². The fourth-order valence-electron chi connectivity index (χ4n) is 1.88. The number of carboxylic acid groups (broad SMARTS) is 1. The molecule has 1 aromatic heterocycles. The van der Waals surface area contributed by atoms with Gasteiger partial charge in [-0.1, -0.05) is 20.8 Å². The molecule has 84 valence electrons. The van der Waals surface area contributed by atoms with E-state index in [-0.39, 0.29) is 6.04 Å². The van der Waals surface area contributed by atoms with Gasteiger partial charge in [-0.3, -0.25) is 0 Å². The Morgan fingerprint density at radius 1 is 1.60 bits per heavy atom. The molecule has 1 N–H and O–H groups in total. The Morgan fingerprint density at radius 2 is 2.20 bits per heavy atom. The summed E-state index contributed by atoms with van der Waals surface area (Å²) in [5.41, 5.74) is 0.389. The van der Waals surface area contributed by atoms with Gasteiger partial charge < -0.3 is 9.67 Å². The van der Waals surface area contributed by atoms with Gasteiger partial charge in [0.25, 0.3) is 0 Å². The maximum atomic E-state index is 11.1. The zero-order valence-electron chi connectivity index (χ0n) is 9.20. The highest BCUT2D eigenvalue weighted by Crippen LogP contribution is 2.25. The molecule has 3 nitrogen and oxygen atoms in total. The van der Waals surface area contributed by atoms with Crippen LogP contribution in [0.4, 0.5) is 0 Å². The molecule has 1 atom stereocenters. The average Bonchev–Trinajstić information content (AvgIpc) is 2.48. The molecule has 0 saturated carbocycles. The fourth-order valence-corrected chi connectivity index (χ4v) is 2.48. The molecule has 15 heavy (non-hydrogen) atoms. The first-order valence-electron chi connectivity index (χ1n) is 5.08. The summed E-state index contributed by atoms with van der Waals surface area (Å²) in [6, 6.07) is 1.98. The second-order valence-electron chi connectivity index (χ2n) is 3.98. The number of aromatic nitrogens is 1. The molecule has 0 bridgehead atoms. The van der Waals surface area contributed by atoms with Crippen LogP contribution >= 0.6 is 22.6 Å². The van der Waals surface area contributed by atoms with Crippen molar-refractivity contribution in [3.05, 3.63) is 21.5 Å². The lowest BCUT2D eigenvalue weighted by Crippen LogP contribution is -2.18. The van der Waals surface area contributed by atoms with E-state index in [1.165, 1.54) is 0 Å². The fraction of sp³-hybridized carbons (Fsp3) is 0.545. The summed E-state index contributed by atoms with van der Waals surface area (Å²) in [5.74, 6) is -0.409. The highest BCUT2D eigenvalue weighted by Gasteiger charge is 2.20. The van der Waals surface area contributed by atoms with Crippen LogP contribution in [0.3, 0.4) is 0 Å². The molecule has 0 saturated heterocycles. The minimum Gasteiger partial charge on any atom is -0.477 e. The Bertz CT molecular complexity index is 357. The molecule has 0 aromatic carbocycles.